The van der Waals surface area contributed by atoms with E-state index in [1.54, 1.807) is 23.6 Å². The number of carbonyl (C=O) groups is 1. The standard InChI is InChI=1S/C19H18Cl2N4O2/c1-10-16(12-7-8-14(20)15(21)9-12)18-23-22-17(11(2)25(18)24-10)19(26)27-13-5-3-4-6-13/h7-9,13H,3-6H2,1-2H3. The smallest absolute Gasteiger partial charge is 0.361 e. The minimum Gasteiger partial charge on any atom is -0.458 e. The van der Waals surface area contributed by atoms with E-state index in [0.29, 0.717) is 21.4 Å². The molecule has 0 N–H and O–H groups in total. The number of aromatic nitrogens is 4. The van der Waals surface area contributed by atoms with Crippen molar-refractivity contribution in [3.05, 3.63) is 45.3 Å². The van der Waals surface area contributed by atoms with E-state index in [-0.39, 0.29) is 11.8 Å². The van der Waals surface area contributed by atoms with Crippen LogP contribution in [0.2, 0.25) is 10.0 Å². The summed E-state index contributed by atoms with van der Waals surface area (Å²) in [5.41, 5.74) is 3.75. The predicted octanol–water partition coefficient (Wildman–Crippen LogP) is 4.81. The van der Waals surface area contributed by atoms with Gasteiger partial charge in [0.1, 0.15) is 6.10 Å². The number of rotatable bonds is 3. The summed E-state index contributed by atoms with van der Waals surface area (Å²) in [7, 11) is 0. The van der Waals surface area contributed by atoms with Gasteiger partial charge in [-0.25, -0.2) is 9.31 Å². The largest absolute Gasteiger partial charge is 0.458 e. The minimum absolute atomic E-state index is 0.0273. The summed E-state index contributed by atoms with van der Waals surface area (Å²) in [6.45, 7) is 3.67. The molecule has 1 fully saturated rings. The van der Waals surface area contributed by atoms with Gasteiger partial charge in [-0.3, -0.25) is 0 Å². The van der Waals surface area contributed by atoms with Gasteiger partial charge >= 0.3 is 5.97 Å². The van der Waals surface area contributed by atoms with Crippen molar-refractivity contribution in [2.75, 3.05) is 0 Å². The molecule has 6 nitrogen and oxygen atoms in total. The van der Waals surface area contributed by atoms with Crippen LogP contribution in [0.25, 0.3) is 16.8 Å². The van der Waals surface area contributed by atoms with E-state index in [2.05, 4.69) is 15.3 Å². The molecule has 2 heterocycles. The van der Waals surface area contributed by atoms with Gasteiger partial charge < -0.3 is 4.74 Å². The molecule has 1 saturated carbocycles. The summed E-state index contributed by atoms with van der Waals surface area (Å²) < 4.78 is 7.19. The van der Waals surface area contributed by atoms with Crippen molar-refractivity contribution in [2.24, 2.45) is 0 Å². The molecule has 1 aromatic carbocycles. The third-order valence-electron chi connectivity index (χ3n) is 4.92. The zero-order chi connectivity index (χ0) is 19.1. The lowest BCUT2D eigenvalue weighted by atomic mass is 10.1. The van der Waals surface area contributed by atoms with Crippen molar-refractivity contribution in [3.8, 4) is 11.1 Å². The van der Waals surface area contributed by atoms with Crippen LogP contribution < -0.4 is 0 Å². The van der Waals surface area contributed by atoms with Crippen LogP contribution in [0.1, 0.15) is 47.6 Å². The highest BCUT2D eigenvalue weighted by Gasteiger charge is 2.25. The van der Waals surface area contributed by atoms with Gasteiger partial charge in [-0.05, 0) is 57.2 Å². The second-order valence-corrected chi connectivity index (χ2v) is 7.58. The number of aryl methyl sites for hydroxylation is 2. The summed E-state index contributed by atoms with van der Waals surface area (Å²) in [5, 5.41) is 13.9. The molecular weight excluding hydrogens is 387 g/mol. The number of halogens is 2. The molecule has 0 aliphatic heterocycles. The third-order valence-corrected chi connectivity index (χ3v) is 5.66. The molecule has 0 amide bonds. The summed E-state index contributed by atoms with van der Waals surface area (Å²) in [4.78, 5) is 12.5. The Morgan fingerprint density at radius 2 is 1.89 bits per heavy atom. The van der Waals surface area contributed by atoms with Crippen LogP contribution in [-0.4, -0.2) is 31.9 Å². The molecule has 0 spiro atoms. The van der Waals surface area contributed by atoms with E-state index in [0.717, 1.165) is 42.5 Å². The summed E-state index contributed by atoms with van der Waals surface area (Å²) >= 11 is 12.2. The van der Waals surface area contributed by atoms with E-state index >= 15 is 0 Å². The first-order valence-electron chi connectivity index (χ1n) is 8.84. The maximum absolute atomic E-state index is 12.5. The Kier molecular flexibility index (Phi) is 4.78. The Labute approximate surface area is 166 Å². The lowest BCUT2D eigenvalue weighted by Crippen LogP contribution is -2.19. The zero-order valence-electron chi connectivity index (χ0n) is 15.0. The number of esters is 1. The predicted molar refractivity (Wildman–Crippen MR) is 103 cm³/mol. The van der Waals surface area contributed by atoms with Gasteiger partial charge in [0, 0.05) is 0 Å². The minimum atomic E-state index is -0.446. The zero-order valence-corrected chi connectivity index (χ0v) is 16.5. The van der Waals surface area contributed by atoms with Gasteiger partial charge in [0.2, 0.25) is 0 Å². The lowest BCUT2D eigenvalue weighted by Gasteiger charge is -2.12. The molecule has 0 unspecified atom stereocenters. The number of nitrogens with zero attached hydrogens (tertiary/aromatic N) is 4. The van der Waals surface area contributed by atoms with Crippen molar-refractivity contribution in [1.29, 1.82) is 0 Å². The second kappa shape index (κ2) is 7.09. The first kappa shape index (κ1) is 18.2. The second-order valence-electron chi connectivity index (χ2n) is 6.77. The van der Waals surface area contributed by atoms with E-state index in [1.165, 1.54) is 0 Å². The molecule has 0 radical (unpaired) electrons. The van der Waals surface area contributed by atoms with Gasteiger partial charge in [0.05, 0.1) is 27.0 Å². The van der Waals surface area contributed by atoms with Crippen LogP contribution in [0.4, 0.5) is 0 Å². The highest BCUT2D eigenvalue weighted by molar-refractivity contribution is 6.42. The number of carbonyl (C=O) groups excluding carboxylic acids is 1. The summed E-state index contributed by atoms with van der Waals surface area (Å²) in [6, 6.07) is 5.36. The molecular formula is C19H18Cl2N4O2. The number of fused-ring (bicyclic) bond motifs is 1. The average Bonchev–Trinajstić information content (AvgIpc) is 3.25. The highest BCUT2D eigenvalue weighted by Crippen LogP contribution is 2.32. The molecule has 4 rings (SSSR count). The van der Waals surface area contributed by atoms with E-state index in [9.17, 15) is 4.79 Å². The highest BCUT2D eigenvalue weighted by atomic mass is 35.5. The monoisotopic (exact) mass is 404 g/mol. The van der Waals surface area contributed by atoms with Crippen LogP contribution >= 0.6 is 23.2 Å². The van der Waals surface area contributed by atoms with Gasteiger partial charge in [-0.15, -0.1) is 10.2 Å². The number of ether oxygens (including phenoxy) is 1. The van der Waals surface area contributed by atoms with Crippen LogP contribution in [0.5, 0.6) is 0 Å². The van der Waals surface area contributed by atoms with Crippen molar-refractivity contribution in [2.45, 2.75) is 45.6 Å². The fourth-order valence-corrected chi connectivity index (χ4v) is 3.80. The fraction of sp³-hybridized carbons (Fsp3) is 0.368. The SMILES string of the molecule is Cc1nn2c(C)c(C(=O)OC3CCCC3)nnc2c1-c1ccc(Cl)c(Cl)c1. The van der Waals surface area contributed by atoms with Crippen molar-refractivity contribution < 1.29 is 9.53 Å². The number of hydrogen-bond acceptors (Lipinski definition) is 5. The fourth-order valence-electron chi connectivity index (χ4n) is 3.50. The molecule has 0 saturated heterocycles. The Morgan fingerprint density at radius 3 is 2.59 bits per heavy atom. The van der Waals surface area contributed by atoms with Crippen molar-refractivity contribution in [1.82, 2.24) is 19.8 Å². The number of benzene rings is 1. The Balaban J connectivity index is 1.76. The first-order valence-corrected chi connectivity index (χ1v) is 9.60. The van der Waals surface area contributed by atoms with Crippen LogP contribution in [0, 0.1) is 13.8 Å². The maximum atomic E-state index is 12.5. The summed E-state index contributed by atoms with van der Waals surface area (Å²) in [6.07, 6.45) is 3.96. The first-order chi connectivity index (χ1) is 13.0. The molecule has 2 aromatic heterocycles. The molecule has 140 valence electrons. The Hall–Kier alpha value is -2.18. The average molecular weight is 405 g/mol. The summed E-state index contributed by atoms with van der Waals surface area (Å²) in [5.74, 6) is -0.446. The normalized spacial score (nSPS) is 14.8. The van der Waals surface area contributed by atoms with E-state index in [4.69, 9.17) is 27.9 Å². The quantitative estimate of drug-likeness (QED) is 0.585. The molecule has 1 aliphatic carbocycles. The van der Waals surface area contributed by atoms with Crippen molar-refractivity contribution in [3.63, 3.8) is 0 Å². The van der Waals surface area contributed by atoms with E-state index < -0.39 is 5.97 Å². The van der Waals surface area contributed by atoms with Crippen LogP contribution in [0.15, 0.2) is 18.2 Å². The van der Waals surface area contributed by atoms with Gasteiger partial charge in [-0.1, -0.05) is 29.3 Å². The topological polar surface area (TPSA) is 69.4 Å². The lowest BCUT2D eigenvalue weighted by molar-refractivity contribution is 0.0307. The van der Waals surface area contributed by atoms with Gasteiger partial charge in [0.15, 0.2) is 11.3 Å². The molecule has 1 aliphatic rings. The van der Waals surface area contributed by atoms with E-state index in [1.807, 2.05) is 13.0 Å². The Morgan fingerprint density at radius 1 is 1.15 bits per heavy atom. The van der Waals surface area contributed by atoms with Crippen LogP contribution in [-0.2, 0) is 4.74 Å². The van der Waals surface area contributed by atoms with Gasteiger partial charge in [-0.2, -0.15) is 5.10 Å². The number of hydrogen-bond donors (Lipinski definition) is 0. The van der Waals surface area contributed by atoms with Crippen LogP contribution in [0.3, 0.4) is 0 Å². The maximum Gasteiger partial charge on any atom is 0.361 e. The molecule has 3 aromatic rings. The Bertz CT molecular complexity index is 1040. The molecule has 8 heteroatoms. The van der Waals surface area contributed by atoms with Crippen molar-refractivity contribution >= 4 is 34.8 Å². The molecule has 27 heavy (non-hydrogen) atoms. The molecule has 0 atom stereocenters. The third kappa shape index (κ3) is 3.28. The molecule has 0 bridgehead atoms. The van der Waals surface area contributed by atoms with Gasteiger partial charge in [0.25, 0.3) is 0 Å².